The predicted octanol–water partition coefficient (Wildman–Crippen LogP) is 3.03. The Morgan fingerprint density at radius 2 is 1.92 bits per heavy atom. The van der Waals surface area contributed by atoms with Crippen LogP contribution in [0.3, 0.4) is 0 Å². The lowest BCUT2D eigenvalue weighted by molar-refractivity contribution is 0.0703. The van der Waals surface area contributed by atoms with Crippen LogP contribution >= 0.6 is 0 Å². The molecule has 0 spiro atoms. The number of hydrogen-bond donors (Lipinski definition) is 0. The average Bonchev–Trinajstić information content (AvgIpc) is 3.04. The third-order valence-electron chi connectivity index (χ3n) is 4.52. The second kappa shape index (κ2) is 6.23. The molecular formula is C18H16F2N4O. The van der Waals surface area contributed by atoms with Crippen LogP contribution in [0.4, 0.5) is 8.78 Å². The Morgan fingerprint density at radius 1 is 1.12 bits per heavy atom. The number of aromatic nitrogens is 3. The van der Waals surface area contributed by atoms with Crippen LogP contribution in [0.5, 0.6) is 0 Å². The van der Waals surface area contributed by atoms with E-state index in [1.165, 1.54) is 0 Å². The lowest BCUT2D eigenvalue weighted by Crippen LogP contribution is -2.39. The molecule has 1 saturated heterocycles. The Hall–Kier alpha value is -2.83. The van der Waals surface area contributed by atoms with Gasteiger partial charge in [0.05, 0.1) is 0 Å². The van der Waals surface area contributed by atoms with E-state index in [0.717, 1.165) is 42.5 Å². The second-order valence-corrected chi connectivity index (χ2v) is 6.24. The fourth-order valence-electron chi connectivity index (χ4n) is 3.37. The molecule has 3 aromatic rings. The van der Waals surface area contributed by atoms with E-state index in [2.05, 4.69) is 10.2 Å². The van der Waals surface area contributed by atoms with Gasteiger partial charge in [0.15, 0.2) is 5.65 Å². The molecule has 7 heteroatoms. The normalized spacial score (nSPS) is 17.8. The van der Waals surface area contributed by atoms with E-state index in [0.29, 0.717) is 13.1 Å². The highest BCUT2D eigenvalue weighted by Crippen LogP contribution is 2.27. The van der Waals surface area contributed by atoms with Crippen molar-refractivity contribution in [1.29, 1.82) is 0 Å². The summed E-state index contributed by atoms with van der Waals surface area (Å²) in [6, 6.07) is 8.57. The van der Waals surface area contributed by atoms with Crippen LogP contribution < -0.4 is 0 Å². The minimum Gasteiger partial charge on any atom is -0.338 e. The highest BCUT2D eigenvalue weighted by atomic mass is 19.1. The number of piperidine rings is 1. The summed E-state index contributed by atoms with van der Waals surface area (Å²) in [5.41, 5.74) is 0.789. The molecule has 1 aromatic carbocycles. The fourth-order valence-corrected chi connectivity index (χ4v) is 3.37. The van der Waals surface area contributed by atoms with Gasteiger partial charge in [0.25, 0.3) is 5.91 Å². The predicted molar refractivity (Wildman–Crippen MR) is 87.2 cm³/mol. The zero-order valence-electron chi connectivity index (χ0n) is 13.4. The number of benzene rings is 1. The third-order valence-corrected chi connectivity index (χ3v) is 4.52. The Balaban J connectivity index is 1.59. The van der Waals surface area contributed by atoms with Crippen molar-refractivity contribution in [2.24, 2.45) is 0 Å². The molecule has 0 bridgehead atoms. The molecule has 0 unspecified atom stereocenters. The largest absolute Gasteiger partial charge is 0.338 e. The molecule has 0 radical (unpaired) electrons. The third kappa shape index (κ3) is 2.97. The van der Waals surface area contributed by atoms with Crippen molar-refractivity contribution >= 4 is 11.6 Å². The first kappa shape index (κ1) is 15.7. The van der Waals surface area contributed by atoms with Crippen LogP contribution in [0.1, 0.15) is 34.9 Å². The first-order valence-electron chi connectivity index (χ1n) is 8.17. The smallest absolute Gasteiger partial charge is 0.254 e. The standard InChI is InChI=1S/C18H16F2N4O/c19-14-8-13(9-15(20)10-14)18(25)23-6-3-4-12(11-23)17-22-21-16-5-1-2-7-24(16)17/h1-2,5,7-10,12H,3-4,6,11H2/t12-/m1/s1. The molecule has 4 rings (SSSR count). The number of rotatable bonds is 2. The number of fused-ring (bicyclic) bond motifs is 1. The molecule has 0 saturated carbocycles. The monoisotopic (exact) mass is 342 g/mol. The highest BCUT2D eigenvalue weighted by Gasteiger charge is 2.28. The zero-order chi connectivity index (χ0) is 17.4. The van der Waals surface area contributed by atoms with Crippen molar-refractivity contribution < 1.29 is 13.6 Å². The van der Waals surface area contributed by atoms with Gasteiger partial charge in [0.1, 0.15) is 17.5 Å². The molecule has 1 aliphatic rings. The summed E-state index contributed by atoms with van der Waals surface area (Å²) < 4.78 is 28.7. The van der Waals surface area contributed by atoms with Crippen LogP contribution in [-0.4, -0.2) is 38.5 Å². The van der Waals surface area contributed by atoms with Gasteiger partial charge in [-0.3, -0.25) is 9.20 Å². The van der Waals surface area contributed by atoms with Crippen molar-refractivity contribution in [2.75, 3.05) is 13.1 Å². The number of pyridine rings is 1. The molecule has 128 valence electrons. The van der Waals surface area contributed by atoms with Gasteiger partial charge in [0, 0.05) is 36.8 Å². The van der Waals surface area contributed by atoms with Crippen molar-refractivity contribution in [3.05, 3.63) is 65.6 Å². The van der Waals surface area contributed by atoms with Gasteiger partial charge >= 0.3 is 0 Å². The number of halogens is 2. The Kier molecular flexibility index (Phi) is 3.91. The number of nitrogens with zero attached hydrogens (tertiary/aromatic N) is 4. The van der Waals surface area contributed by atoms with Gasteiger partial charge < -0.3 is 4.90 Å². The summed E-state index contributed by atoms with van der Waals surface area (Å²) in [6.45, 7) is 1.01. The van der Waals surface area contributed by atoms with Crippen LogP contribution in [0, 0.1) is 11.6 Å². The number of likely N-dealkylation sites (tertiary alicyclic amines) is 1. The zero-order valence-corrected chi connectivity index (χ0v) is 13.4. The lowest BCUT2D eigenvalue weighted by Gasteiger charge is -2.32. The molecule has 0 N–H and O–H groups in total. The van der Waals surface area contributed by atoms with Gasteiger partial charge in [-0.15, -0.1) is 10.2 Å². The fraction of sp³-hybridized carbons (Fsp3) is 0.278. The number of carbonyl (C=O) groups excluding carboxylic acids is 1. The Morgan fingerprint density at radius 3 is 2.72 bits per heavy atom. The van der Waals surface area contributed by atoms with Crippen LogP contribution in [0.25, 0.3) is 5.65 Å². The van der Waals surface area contributed by atoms with E-state index in [1.807, 2.05) is 28.8 Å². The van der Waals surface area contributed by atoms with E-state index in [4.69, 9.17) is 0 Å². The molecule has 1 aliphatic heterocycles. The average molecular weight is 342 g/mol. The van der Waals surface area contributed by atoms with Crippen LogP contribution in [0.2, 0.25) is 0 Å². The summed E-state index contributed by atoms with van der Waals surface area (Å²) in [5, 5.41) is 8.42. The molecular weight excluding hydrogens is 326 g/mol. The van der Waals surface area contributed by atoms with Gasteiger partial charge in [-0.05, 0) is 37.1 Å². The molecule has 5 nitrogen and oxygen atoms in total. The molecule has 1 amide bonds. The van der Waals surface area contributed by atoms with Gasteiger partial charge in [-0.2, -0.15) is 0 Å². The first-order chi connectivity index (χ1) is 12.1. The highest BCUT2D eigenvalue weighted by molar-refractivity contribution is 5.94. The number of hydrogen-bond acceptors (Lipinski definition) is 3. The summed E-state index contributed by atoms with van der Waals surface area (Å²) in [6.07, 6.45) is 3.58. The molecule has 1 fully saturated rings. The summed E-state index contributed by atoms with van der Waals surface area (Å²) in [5.74, 6) is -1.02. The maximum atomic E-state index is 13.4. The van der Waals surface area contributed by atoms with E-state index >= 15 is 0 Å². The molecule has 3 heterocycles. The van der Waals surface area contributed by atoms with Gasteiger partial charge in [-0.25, -0.2) is 8.78 Å². The maximum absolute atomic E-state index is 13.4. The maximum Gasteiger partial charge on any atom is 0.254 e. The summed E-state index contributed by atoms with van der Waals surface area (Å²) >= 11 is 0. The first-order valence-corrected chi connectivity index (χ1v) is 8.17. The van der Waals surface area contributed by atoms with E-state index < -0.39 is 11.6 Å². The minimum absolute atomic E-state index is 0.0317. The molecule has 2 aromatic heterocycles. The van der Waals surface area contributed by atoms with Gasteiger partial charge in [-0.1, -0.05) is 6.07 Å². The van der Waals surface area contributed by atoms with E-state index in [1.54, 1.807) is 4.90 Å². The summed E-state index contributed by atoms with van der Waals surface area (Å²) in [7, 11) is 0. The Labute approximate surface area is 142 Å². The van der Waals surface area contributed by atoms with Crippen molar-refractivity contribution in [3.63, 3.8) is 0 Å². The Bertz CT molecular complexity index is 919. The lowest BCUT2D eigenvalue weighted by atomic mass is 9.96. The minimum atomic E-state index is -0.750. The van der Waals surface area contributed by atoms with Crippen molar-refractivity contribution in [2.45, 2.75) is 18.8 Å². The molecule has 25 heavy (non-hydrogen) atoms. The summed E-state index contributed by atoms with van der Waals surface area (Å²) in [4.78, 5) is 14.3. The quantitative estimate of drug-likeness (QED) is 0.719. The topological polar surface area (TPSA) is 50.5 Å². The number of carbonyl (C=O) groups is 1. The van der Waals surface area contributed by atoms with Crippen LogP contribution in [-0.2, 0) is 0 Å². The van der Waals surface area contributed by atoms with E-state index in [-0.39, 0.29) is 17.4 Å². The molecule has 1 atom stereocenters. The van der Waals surface area contributed by atoms with Crippen molar-refractivity contribution in [3.8, 4) is 0 Å². The SMILES string of the molecule is O=C(c1cc(F)cc(F)c1)N1CCC[C@@H](c2nnc3ccccn23)C1. The van der Waals surface area contributed by atoms with E-state index in [9.17, 15) is 13.6 Å². The van der Waals surface area contributed by atoms with Crippen molar-refractivity contribution in [1.82, 2.24) is 19.5 Å². The van der Waals surface area contributed by atoms with Gasteiger partial charge in [0.2, 0.25) is 0 Å². The molecule has 0 aliphatic carbocycles. The number of amides is 1. The second-order valence-electron chi connectivity index (χ2n) is 6.24. The van der Waals surface area contributed by atoms with Crippen LogP contribution in [0.15, 0.2) is 42.6 Å².